The van der Waals surface area contributed by atoms with Crippen LogP contribution >= 0.6 is 22.6 Å². The third-order valence-corrected chi connectivity index (χ3v) is 4.52. The van der Waals surface area contributed by atoms with Crippen LogP contribution in [0.5, 0.6) is 5.75 Å². The Bertz CT molecular complexity index is 960. The highest BCUT2D eigenvalue weighted by atomic mass is 127. The Labute approximate surface area is 153 Å². The fraction of sp³-hybridized carbons (Fsp3) is 0.111. The summed E-state index contributed by atoms with van der Waals surface area (Å²) in [5.74, 6) is -0.505. The highest BCUT2D eigenvalue weighted by Crippen LogP contribution is 2.20. The third-order valence-electron chi connectivity index (χ3n) is 3.85. The monoisotopic (exact) mass is 433 g/mol. The van der Waals surface area contributed by atoms with E-state index in [-0.39, 0.29) is 11.3 Å². The Hall–Kier alpha value is -2.35. The van der Waals surface area contributed by atoms with E-state index in [1.165, 1.54) is 6.07 Å². The van der Waals surface area contributed by atoms with Crippen molar-refractivity contribution in [2.24, 2.45) is 12.1 Å². The van der Waals surface area contributed by atoms with Crippen LogP contribution in [0.3, 0.4) is 0 Å². The number of nitrogens with one attached hydrogen (secondary N) is 1. The molecule has 5 nitrogen and oxygen atoms in total. The molecule has 1 aromatic heterocycles. The lowest BCUT2D eigenvalue weighted by Gasteiger charge is -2.06. The SMILES string of the molecule is C/C(=N/NC(=O)c1cc(I)ccc1O)c1cc2ccccc2n1C. The number of aromatic hydroxyl groups is 1. The number of hydrogen-bond acceptors (Lipinski definition) is 3. The maximum atomic E-state index is 12.2. The molecule has 24 heavy (non-hydrogen) atoms. The van der Waals surface area contributed by atoms with Gasteiger partial charge in [-0.1, -0.05) is 18.2 Å². The topological polar surface area (TPSA) is 66.6 Å². The summed E-state index contributed by atoms with van der Waals surface area (Å²) in [6.45, 7) is 1.84. The summed E-state index contributed by atoms with van der Waals surface area (Å²) in [4.78, 5) is 12.2. The van der Waals surface area contributed by atoms with Gasteiger partial charge >= 0.3 is 0 Å². The van der Waals surface area contributed by atoms with Crippen molar-refractivity contribution < 1.29 is 9.90 Å². The zero-order chi connectivity index (χ0) is 17.3. The maximum Gasteiger partial charge on any atom is 0.275 e. The molecule has 0 radical (unpaired) electrons. The predicted molar refractivity (Wildman–Crippen MR) is 103 cm³/mol. The first-order valence-corrected chi connectivity index (χ1v) is 8.43. The number of aromatic nitrogens is 1. The molecule has 0 bridgehead atoms. The minimum Gasteiger partial charge on any atom is -0.507 e. The van der Waals surface area contributed by atoms with Gasteiger partial charge in [-0.25, -0.2) is 5.43 Å². The van der Waals surface area contributed by atoms with Crippen LogP contribution in [0, 0.1) is 3.57 Å². The average Bonchev–Trinajstić information content (AvgIpc) is 2.92. The van der Waals surface area contributed by atoms with Gasteiger partial charge in [0.2, 0.25) is 0 Å². The number of carbonyl (C=O) groups excluding carboxylic acids is 1. The first-order valence-electron chi connectivity index (χ1n) is 7.35. The Morgan fingerprint density at radius 3 is 2.71 bits per heavy atom. The quantitative estimate of drug-likeness (QED) is 0.376. The van der Waals surface area contributed by atoms with E-state index in [0.717, 1.165) is 20.2 Å². The molecule has 0 aliphatic carbocycles. The molecule has 3 aromatic rings. The van der Waals surface area contributed by atoms with Gasteiger partial charge in [-0.05, 0) is 59.8 Å². The van der Waals surface area contributed by atoms with Crippen LogP contribution in [0.1, 0.15) is 23.0 Å². The largest absolute Gasteiger partial charge is 0.507 e. The molecule has 0 fully saturated rings. The van der Waals surface area contributed by atoms with E-state index < -0.39 is 5.91 Å². The van der Waals surface area contributed by atoms with E-state index >= 15 is 0 Å². The van der Waals surface area contributed by atoms with Crippen molar-refractivity contribution in [1.82, 2.24) is 9.99 Å². The number of hydrogen-bond donors (Lipinski definition) is 2. The number of phenols is 1. The average molecular weight is 433 g/mol. The first kappa shape index (κ1) is 16.5. The van der Waals surface area contributed by atoms with E-state index in [0.29, 0.717) is 5.71 Å². The van der Waals surface area contributed by atoms with Crippen molar-refractivity contribution >= 4 is 45.1 Å². The third kappa shape index (κ3) is 3.14. The number of carbonyl (C=O) groups is 1. The zero-order valence-corrected chi connectivity index (χ0v) is 15.4. The molecule has 0 saturated heterocycles. The lowest BCUT2D eigenvalue weighted by atomic mass is 10.2. The second-order valence-corrected chi connectivity index (χ2v) is 6.69. The Morgan fingerprint density at radius 1 is 1.21 bits per heavy atom. The van der Waals surface area contributed by atoms with Gasteiger partial charge in [0, 0.05) is 21.5 Å². The van der Waals surface area contributed by atoms with E-state index in [1.807, 2.05) is 48.9 Å². The molecule has 2 aromatic carbocycles. The number of fused-ring (bicyclic) bond motifs is 1. The smallest absolute Gasteiger partial charge is 0.275 e. The Morgan fingerprint density at radius 2 is 1.96 bits per heavy atom. The van der Waals surface area contributed by atoms with E-state index in [4.69, 9.17) is 0 Å². The summed E-state index contributed by atoms with van der Waals surface area (Å²) in [5.41, 5.74) is 5.42. The normalized spacial score (nSPS) is 11.7. The van der Waals surface area contributed by atoms with Crippen LogP contribution in [0.25, 0.3) is 10.9 Å². The number of rotatable bonds is 3. The summed E-state index contributed by atoms with van der Waals surface area (Å²) >= 11 is 2.09. The molecule has 0 spiro atoms. The van der Waals surface area contributed by atoms with Crippen LogP contribution in [0.2, 0.25) is 0 Å². The number of amides is 1. The molecule has 0 atom stereocenters. The lowest BCUT2D eigenvalue weighted by molar-refractivity contribution is 0.0952. The first-order chi connectivity index (χ1) is 11.5. The minimum atomic E-state index is -0.441. The number of hydrazone groups is 1. The number of nitrogens with zero attached hydrogens (tertiary/aromatic N) is 2. The molecule has 0 aliphatic heterocycles. The van der Waals surface area contributed by atoms with Gasteiger partial charge in [0.1, 0.15) is 5.75 Å². The number of phenolic OH excluding ortho intramolecular Hbond substituents is 1. The van der Waals surface area contributed by atoms with E-state index in [1.54, 1.807) is 12.1 Å². The predicted octanol–water partition coefficient (Wildman–Crippen LogP) is 3.64. The van der Waals surface area contributed by atoms with Crippen LogP contribution < -0.4 is 5.43 Å². The fourth-order valence-corrected chi connectivity index (χ4v) is 3.07. The van der Waals surface area contributed by atoms with E-state index in [2.05, 4.69) is 33.1 Å². The van der Waals surface area contributed by atoms with Gasteiger partial charge < -0.3 is 9.67 Å². The standard InChI is InChI=1S/C18H16IN3O2/c1-11(16-9-12-5-3-4-6-15(12)22(16)2)20-21-18(24)14-10-13(19)7-8-17(14)23/h3-10,23H,1-2H3,(H,21,24)/b20-11-. The molecule has 3 rings (SSSR count). The molecule has 1 heterocycles. The molecule has 0 aliphatic rings. The second-order valence-electron chi connectivity index (χ2n) is 5.45. The molecule has 1 amide bonds. The van der Waals surface area contributed by atoms with Crippen molar-refractivity contribution in [3.63, 3.8) is 0 Å². The number of benzene rings is 2. The summed E-state index contributed by atoms with van der Waals surface area (Å²) < 4.78 is 2.90. The number of para-hydroxylation sites is 1. The van der Waals surface area contributed by atoms with Gasteiger partial charge in [-0.15, -0.1) is 0 Å². The number of halogens is 1. The molecule has 0 saturated carbocycles. The van der Waals surface area contributed by atoms with Gasteiger partial charge in [-0.2, -0.15) is 5.10 Å². The van der Waals surface area contributed by atoms with Gasteiger partial charge in [0.05, 0.1) is 17.0 Å². The fourth-order valence-electron chi connectivity index (χ4n) is 2.58. The van der Waals surface area contributed by atoms with Crippen molar-refractivity contribution in [3.05, 3.63) is 63.4 Å². The van der Waals surface area contributed by atoms with Crippen LogP contribution in [0.4, 0.5) is 0 Å². The van der Waals surface area contributed by atoms with Crippen molar-refractivity contribution in [2.75, 3.05) is 0 Å². The van der Waals surface area contributed by atoms with Gasteiger partial charge in [0.15, 0.2) is 0 Å². The van der Waals surface area contributed by atoms with Crippen LogP contribution in [0.15, 0.2) is 53.6 Å². The highest BCUT2D eigenvalue weighted by Gasteiger charge is 2.12. The molecule has 6 heteroatoms. The Balaban J connectivity index is 1.86. The van der Waals surface area contributed by atoms with Crippen LogP contribution in [-0.2, 0) is 7.05 Å². The summed E-state index contributed by atoms with van der Waals surface area (Å²) in [6.07, 6.45) is 0. The summed E-state index contributed by atoms with van der Waals surface area (Å²) in [5, 5.41) is 15.1. The highest BCUT2D eigenvalue weighted by molar-refractivity contribution is 14.1. The van der Waals surface area contributed by atoms with Crippen molar-refractivity contribution in [1.29, 1.82) is 0 Å². The summed E-state index contributed by atoms with van der Waals surface area (Å²) in [6, 6.07) is 14.9. The molecule has 122 valence electrons. The van der Waals surface area contributed by atoms with Crippen molar-refractivity contribution in [3.8, 4) is 5.75 Å². The molecule has 0 unspecified atom stereocenters. The van der Waals surface area contributed by atoms with Gasteiger partial charge in [-0.3, -0.25) is 4.79 Å². The van der Waals surface area contributed by atoms with Crippen LogP contribution in [-0.4, -0.2) is 21.3 Å². The maximum absolute atomic E-state index is 12.2. The van der Waals surface area contributed by atoms with Gasteiger partial charge in [0.25, 0.3) is 5.91 Å². The summed E-state index contributed by atoms with van der Waals surface area (Å²) in [7, 11) is 1.96. The van der Waals surface area contributed by atoms with Crippen molar-refractivity contribution in [2.45, 2.75) is 6.92 Å². The molecule has 2 N–H and O–H groups in total. The zero-order valence-electron chi connectivity index (χ0n) is 13.2. The minimum absolute atomic E-state index is 0.0645. The molecular formula is C18H16IN3O2. The van der Waals surface area contributed by atoms with E-state index in [9.17, 15) is 9.90 Å². The number of aryl methyl sites for hydroxylation is 1. The second kappa shape index (κ2) is 6.64. The Kier molecular flexibility index (Phi) is 4.57. The lowest BCUT2D eigenvalue weighted by Crippen LogP contribution is -2.20. The molecular weight excluding hydrogens is 417 g/mol.